The standard InChI is InChI=1S/C13H16ClN3O2/c14-9-1-4-13(17(18)19)12(7-9)15-10-5-6-16(8-10)11-2-3-11/h1,4,7,10-11,15H,2-3,5-6,8H2. The number of nitrogens with zero attached hydrogens (tertiary/aromatic N) is 2. The average Bonchev–Trinajstić information content (AvgIpc) is 3.10. The molecule has 6 heteroatoms. The van der Waals surface area contributed by atoms with Crippen LogP contribution in [0.2, 0.25) is 5.02 Å². The number of nitro groups is 1. The summed E-state index contributed by atoms with van der Waals surface area (Å²) in [4.78, 5) is 13.1. The minimum absolute atomic E-state index is 0.0919. The van der Waals surface area contributed by atoms with E-state index in [2.05, 4.69) is 10.2 Å². The van der Waals surface area contributed by atoms with Gasteiger partial charge in [0, 0.05) is 36.3 Å². The molecule has 2 fully saturated rings. The summed E-state index contributed by atoms with van der Waals surface area (Å²) in [5.74, 6) is 0. The topological polar surface area (TPSA) is 58.4 Å². The lowest BCUT2D eigenvalue weighted by Gasteiger charge is -2.16. The number of halogens is 1. The third kappa shape index (κ3) is 2.82. The molecular formula is C13H16ClN3O2. The van der Waals surface area contributed by atoms with Gasteiger partial charge in [-0.25, -0.2) is 0 Å². The fourth-order valence-corrected chi connectivity index (χ4v) is 2.85. The second-order valence-electron chi connectivity index (χ2n) is 5.27. The predicted octanol–water partition coefficient (Wildman–Crippen LogP) is 2.90. The van der Waals surface area contributed by atoms with E-state index in [1.807, 2.05) is 0 Å². The van der Waals surface area contributed by atoms with E-state index in [-0.39, 0.29) is 16.7 Å². The van der Waals surface area contributed by atoms with Crippen molar-refractivity contribution in [3.63, 3.8) is 0 Å². The Morgan fingerprint density at radius 2 is 2.16 bits per heavy atom. The summed E-state index contributed by atoms with van der Waals surface area (Å²) in [5, 5.41) is 14.8. The van der Waals surface area contributed by atoms with Crippen LogP contribution in [0.15, 0.2) is 18.2 Å². The van der Waals surface area contributed by atoms with Crippen LogP contribution in [-0.4, -0.2) is 35.0 Å². The highest BCUT2D eigenvalue weighted by atomic mass is 35.5. The third-order valence-electron chi connectivity index (χ3n) is 3.80. The molecule has 102 valence electrons. The predicted molar refractivity (Wildman–Crippen MR) is 74.7 cm³/mol. The molecule has 0 amide bonds. The maximum absolute atomic E-state index is 11.0. The maximum atomic E-state index is 11.0. The summed E-state index contributed by atoms with van der Waals surface area (Å²) in [6.45, 7) is 2.05. The van der Waals surface area contributed by atoms with E-state index in [0.717, 1.165) is 25.6 Å². The van der Waals surface area contributed by atoms with Crippen molar-refractivity contribution >= 4 is 23.0 Å². The highest BCUT2D eigenvalue weighted by molar-refractivity contribution is 6.31. The molecule has 1 saturated carbocycles. The van der Waals surface area contributed by atoms with E-state index >= 15 is 0 Å². The molecule has 1 saturated heterocycles. The molecule has 19 heavy (non-hydrogen) atoms. The summed E-state index contributed by atoms with van der Waals surface area (Å²) in [5.41, 5.74) is 0.620. The Labute approximate surface area is 116 Å². The maximum Gasteiger partial charge on any atom is 0.292 e. The molecule has 1 aliphatic heterocycles. The SMILES string of the molecule is O=[N+]([O-])c1ccc(Cl)cc1NC1CCN(C2CC2)C1. The van der Waals surface area contributed by atoms with Crippen molar-refractivity contribution in [3.05, 3.63) is 33.3 Å². The smallest absolute Gasteiger partial charge is 0.292 e. The summed E-state index contributed by atoms with van der Waals surface area (Å²) >= 11 is 5.92. The molecule has 1 aromatic carbocycles. The van der Waals surface area contributed by atoms with Gasteiger partial charge in [-0.1, -0.05) is 11.6 Å². The monoisotopic (exact) mass is 281 g/mol. The van der Waals surface area contributed by atoms with Gasteiger partial charge in [-0.15, -0.1) is 0 Å². The van der Waals surface area contributed by atoms with Crippen LogP contribution in [0, 0.1) is 10.1 Å². The second kappa shape index (κ2) is 4.98. The Hall–Kier alpha value is -1.33. The largest absolute Gasteiger partial charge is 0.375 e. The highest BCUT2D eigenvalue weighted by Crippen LogP contribution is 2.33. The first-order chi connectivity index (χ1) is 9.13. The van der Waals surface area contributed by atoms with Crippen molar-refractivity contribution in [2.75, 3.05) is 18.4 Å². The minimum Gasteiger partial charge on any atom is -0.375 e. The fourth-order valence-electron chi connectivity index (χ4n) is 2.68. The van der Waals surface area contributed by atoms with Gasteiger partial charge in [-0.05, 0) is 31.4 Å². The van der Waals surface area contributed by atoms with Gasteiger partial charge >= 0.3 is 0 Å². The van der Waals surface area contributed by atoms with Crippen LogP contribution < -0.4 is 5.32 Å². The fraction of sp³-hybridized carbons (Fsp3) is 0.538. The number of anilines is 1. The summed E-state index contributed by atoms with van der Waals surface area (Å²) in [6, 6.07) is 5.67. The number of nitrogens with one attached hydrogen (secondary N) is 1. The van der Waals surface area contributed by atoms with Crippen molar-refractivity contribution < 1.29 is 4.92 Å². The van der Waals surface area contributed by atoms with Crippen LogP contribution >= 0.6 is 11.6 Å². The first-order valence-corrected chi connectivity index (χ1v) is 6.96. The van der Waals surface area contributed by atoms with E-state index in [9.17, 15) is 10.1 Å². The van der Waals surface area contributed by atoms with Crippen molar-refractivity contribution in [3.8, 4) is 0 Å². The van der Waals surface area contributed by atoms with Gasteiger partial charge in [0.2, 0.25) is 0 Å². The minimum atomic E-state index is -0.369. The molecule has 5 nitrogen and oxygen atoms in total. The van der Waals surface area contributed by atoms with Gasteiger partial charge < -0.3 is 5.32 Å². The molecular weight excluding hydrogens is 266 g/mol. The van der Waals surface area contributed by atoms with Crippen molar-refractivity contribution in [1.82, 2.24) is 4.90 Å². The van der Waals surface area contributed by atoms with Crippen molar-refractivity contribution in [2.45, 2.75) is 31.3 Å². The highest BCUT2D eigenvalue weighted by Gasteiger charge is 2.34. The van der Waals surface area contributed by atoms with E-state index < -0.39 is 0 Å². The molecule has 1 N–H and O–H groups in total. The molecule has 0 radical (unpaired) electrons. The van der Waals surface area contributed by atoms with Crippen LogP contribution in [0.25, 0.3) is 0 Å². The molecule has 2 aliphatic rings. The lowest BCUT2D eigenvalue weighted by molar-refractivity contribution is -0.384. The van der Waals surface area contributed by atoms with Gasteiger partial charge in [0.25, 0.3) is 5.69 Å². The Morgan fingerprint density at radius 3 is 2.84 bits per heavy atom. The van der Waals surface area contributed by atoms with Gasteiger partial charge in [-0.3, -0.25) is 15.0 Å². The second-order valence-corrected chi connectivity index (χ2v) is 5.71. The molecule has 0 spiro atoms. The van der Waals surface area contributed by atoms with Crippen LogP contribution in [0.3, 0.4) is 0 Å². The number of hydrogen-bond acceptors (Lipinski definition) is 4. The van der Waals surface area contributed by atoms with E-state index in [0.29, 0.717) is 10.7 Å². The third-order valence-corrected chi connectivity index (χ3v) is 4.03. The zero-order valence-electron chi connectivity index (χ0n) is 10.5. The summed E-state index contributed by atoms with van der Waals surface area (Å²) < 4.78 is 0. The van der Waals surface area contributed by atoms with Gasteiger partial charge in [0.1, 0.15) is 5.69 Å². The Kier molecular flexibility index (Phi) is 3.33. The molecule has 1 heterocycles. The molecule has 0 aromatic heterocycles. The summed E-state index contributed by atoms with van der Waals surface area (Å²) in [6.07, 6.45) is 3.62. The Bertz CT molecular complexity index is 505. The number of hydrogen-bond donors (Lipinski definition) is 1. The number of nitro benzene ring substituents is 1. The molecule has 1 aliphatic carbocycles. The van der Waals surface area contributed by atoms with E-state index in [1.54, 1.807) is 12.1 Å². The lowest BCUT2D eigenvalue weighted by atomic mass is 10.2. The van der Waals surface area contributed by atoms with Crippen molar-refractivity contribution in [2.24, 2.45) is 0 Å². The molecule has 3 rings (SSSR count). The normalized spacial score (nSPS) is 23.5. The van der Waals surface area contributed by atoms with E-state index in [1.165, 1.54) is 18.9 Å². The van der Waals surface area contributed by atoms with Gasteiger partial charge in [0.15, 0.2) is 0 Å². The molecule has 0 bridgehead atoms. The van der Waals surface area contributed by atoms with E-state index in [4.69, 9.17) is 11.6 Å². The number of benzene rings is 1. The summed E-state index contributed by atoms with van der Waals surface area (Å²) in [7, 11) is 0. The molecule has 1 atom stereocenters. The quantitative estimate of drug-likeness (QED) is 0.681. The van der Waals surface area contributed by atoms with Crippen molar-refractivity contribution in [1.29, 1.82) is 0 Å². The van der Waals surface area contributed by atoms with Gasteiger partial charge in [-0.2, -0.15) is 0 Å². The number of likely N-dealkylation sites (tertiary alicyclic amines) is 1. The first kappa shape index (κ1) is 12.7. The van der Waals surface area contributed by atoms with Crippen LogP contribution in [0.1, 0.15) is 19.3 Å². The van der Waals surface area contributed by atoms with Gasteiger partial charge in [0.05, 0.1) is 4.92 Å². The Balaban J connectivity index is 1.72. The zero-order valence-corrected chi connectivity index (χ0v) is 11.3. The Morgan fingerprint density at radius 1 is 1.37 bits per heavy atom. The number of rotatable bonds is 4. The first-order valence-electron chi connectivity index (χ1n) is 6.58. The zero-order chi connectivity index (χ0) is 13.4. The lowest BCUT2D eigenvalue weighted by Crippen LogP contribution is -2.27. The van der Waals surface area contributed by atoms with Crippen LogP contribution in [0.4, 0.5) is 11.4 Å². The average molecular weight is 282 g/mol. The van der Waals surface area contributed by atoms with Crippen LogP contribution in [0.5, 0.6) is 0 Å². The molecule has 1 aromatic rings. The molecule has 1 unspecified atom stereocenters. The van der Waals surface area contributed by atoms with Crippen LogP contribution in [-0.2, 0) is 0 Å².